The van der Waals surface area contributed by atoms with E-state index in [1.54, 1.807) is 0 Å². The second-order valence-electron chi connectivity index (χ2n) is 7.10. The Morgan fingerprint density at radius 3 is 2.52 bits per heavy atom. The molecule has 0 saturated heterocycles. The molecule has 1 aliphatic carbocycles. The smallest absolute Gasteiger partial charge is 0.130 e. The molecule has 0 heterocycles. The maximum atomic E-state index is 14.4. The molecule has 2 heteroatoms. The van der Waals surface area contributed by atoms with Crippen LogP contribution in [-0.2, 0) is 19.3 Å². The molecule has 0 bridgehead atoms. The summed E-state index contributed by atoms with van der Waals surface area (Å²) in [6, 6.07) is 9.42. The van der Waals surface area contributed by atoms with Crippen LogP contribution in [0.15, 0.2) is 36.9 Å². The number of rotatable bonds is 6. The topological polar surface area (TPSA) is 0 Å². The average Bonchev–Trinajstić information content (AvgIpc) is 2.61. The Morgan fingerprint density at radius 1 is 1.08 bits per heavy atom. The summed E-state index contributed by atoms with van der Waals surface area (Å²) in [5, 5.41) is 0. The predicted octanol–water partition coefficient (Wildman–Crippen LogP) is 6.61. The van der Waals surface area contributed by atoms with Crippen LogP contribution in [0.25, 0.3) is 6.08 Å². The lowest BCUT2D eigenvalue weighted by atomic mass is 9.79. The average molecular weight is 340 g/mol. The summed E-state index contributed by atoms with van der Waals surface area (Å²) >= 11 is 0. The lowest BCUT2D eigenvalue weighted by Gasteiger charge is -2.26. The molecule has 0 aliphatic heterocycles. The fraction of sp³-hybridized carbons (Fsp3) is 0.391. The molecule has 132 valence electrons. The van der Waals surface area contributed by atoms with Crippen molar-refractivity contribution < 1.29 is 8.78 Å². The summed E-state index contributed by atoms with van der Waals surface area (Å²) < 4.78 is 28.8. The van der Waals surface area contributed by atoms with Gasteiger partial charge in [0.2, 0.25) is 0 Å². The standard InChI is InChI=1S/C23H26F2/c1-3-5-6-7-17-8-9-19-15-20(11-10-18(19)12-17)23-21(24)13-16(4-2)14-22(23)25/h4,8-9,12-14,20H,2-3,5-7,10-11,15H2,1H3. The molecule has 2 aromatic rings. The number of hydrogen-bond donors (Lipinski definition) is 0. The van der Waals surface area contributed by atoms with Crippen LogP contribution in [0.2, 0.25) is 0 Å². The Kier molecular flexibility index (Phi) is 5.67. The van der Waals surface area contributed by atoms with Gasteiger partial charge in [-0.25, -0.2) is 8.78 Å². The van der Waals surface area contributed by atoms with Crippen molar-refractivity contribution in [3.8, 4) is 0 Å². The first-order valence-corrected chi connectivity index (χ1v) is 9.34. The van der Waals surface area contributed by atoms with Gasteiger partial charge in [-0.2, -0.15) is 0 Å². The minimum Gasteiger partial charge on any atom is -0.207 e. The van der Waals surface area contributed by atoms with Gasteiger partial charge in [0, 0.05) is 5.56 Å². The van der Waals surface area contributed by atoms with Crippen molar-refractivity contribution in [1.82, 2.24) is 0 Å². The van der Waals surface area contributed by atoms with Crippen molar-refractivity contribution in [3.63, 3.8) is 0 Å². The first-order valence-electron chi connectivity index (χ1n) is 9.34. The van der Waals surface area contributed by atoms with E-state index in [0.717, 1.165) is 19.3 Å². The highest BCUT2D eigenvalue weighted by Gasteiger charge is 2.25. The van der Waals surface area contributed by atoms with E-state index in [1.807, 2.05) is 0 Å². The predicted molar refractivity (Wildman–Crippen MR) is 101 cm³/mol. The zero-order valence-electron chi connectivity index (χ0n) is 15.0. The minimum absolute atomic E-state index is 0.0858. The first-order chi connectivity index (χ1) is 12.1. The summed E-state index contributed by atoms with van der Waals surface area (Å²) in [5.74, 6) is -0.976. The van der Waals surface area contributed by atoms with Crippen molar-refractivity contribution in [2.24, 2.45) is 0 Å². The number of aryl methyl sites for hydroxylation is 2. The van der Waals surface area contributed by atoms with Crippen LogP contribution >= 0.6 is 0 Å². The molecule has 25 heavy (non-hydrogen) atoms. The summed E-state index contributed by atoms with van der Waals surface area (Å²) in [6.45, 7) is 5.80. The Hall–Kier alpha value is -1.96. The molecular weight excluding hydrogens is 314 g/mol. The first kappa shape index (κ1) is 17.8. The summed E-state index contributed by atoms with van der Waals surface area (Å²) in [7, 11) is 0. The maximum absolute atomic E-state index is 14.4. The zero-order valence-corrected chi connectivity index (χ0v) is 15.0. The van der Waals surface area contributed by atoms with Crippen molar-refractivity contribution in [2.45, 2.75) is 57.8 Å². The van der Waals surface area contributed by atoms with Gasteiger partial charge in [-0.15, -0.1) is 0 Å². The molecule has 0 nitrogen and oxygen atoms in total. The largest absolute Gasteiger partial charge is 0.207 e. The van der Waals surface area contributed by atoms with Gasteiger partial charge in [0.15, 0.2) is 0 Å². The van der Waals surface area contributed by atoms with Crippen LogP contribution < -0.4 is 0 Å². The summed E-state index contributed by atoms with van der Waals surface area (Å²) in [4.78, 5) is 0. The number of unbranched alkanes of at least 4 members (excludes halogenated alkanes) is 2. The van der Waals surface area contributed by atoms with Crippen molar-refractivity contribution in [2.75, 3.05) is 0 Å². The number of fused-ring (bicyclic) bond motifs is 1. The van der Waals surface area contributed by atoms with Crippen LogP contribution in [0, 0.1) is 11.6 Å². The SMILES string of the molecule is C=Cc1cc(F)c(C2CCc3cc(CCCCC)ccc3C2)c(F)c1. The van der Waals surface area contributed by atoms with Crippen LogP contribution in [0.4, 0.5) is 8.78 Å². The lowest BCUT2D eigenvalue weighted by molar-refractivity contribution is 0.491. The van der Waals surface area contributed by atoms with Crippen LogP contribution in [0.5, 0.6) is 0 Å². The van der Waals surface area contributed by atoms with E-state index in [0.29, 0.717) is 12.0 Å². The monoisotopic (exact) mass is 340 g/mol. The number of benzene rings is 2. The van der Waals surface area contributed by atoms with Gasteiger partial charge >= 0.3 is 0 Å². The fourth-order valence-electron chi connectivity index (χ4n) is 3.90. The molecule has 0 radical (unpaired) electrons. The number of halogens is 2. The van der Waals surface area contributed by atoms with Gasteiger partial charge < -0.3 is 0 Å². The van der Waals surface area contributed by atoms with E-state index in [-0.39, 0.29) is 11.5 Å². The Bertz CT molecular complexity index is 738. The Labute approximate surface area is 149 Å². The molecule has 3 rings (SSSR count). The van der Waals surface area contributed by atoms with Crippen LogP contribution in [-0.4, -0.2) is 0 Å². The van der Waals surface area contributed by atoms with E-state index in [1.165, 1.54) is 54.2 Å². The van der Waals surface area contributed by atoms with Gasteiger partial charge in [-0.05, 0) is 72.4 Å². The molecule has 0 spiro atoms. The Morgan fingerprint density at radius 2 is 1.84 bits per heavy atom. The lowest BCUT2D eigenvalue weighted by Crippen LogP contribution is -2.16. The Balaban J connectivity index is 1.79. The molecule has 1 aliphatic rings. The third-order valence-corrected chi connectivity index (χ3v) is 5.31. The zero-order chi connectivity index (χ0) is 17.8. The van der Waals surface area contributed by atoms with E-state index >= 15 is 0 Å². The summed E-state index contributed by atoms with van der Waals surface area (Å²) in [6.07, 6.45) is 8.72. The highest BCUT2D eigenvalue weighted by atomic mass is 19.1. The maximum Gasteiger partial charge on any atom is 0.130 e. The highest BCUT2D eigenvalue weighted by molar-refractivity contribution is 5.49. The molecular formula is C23H26F2. The summed E-state index contributed by atoms with van der Waals surface area (Å²) in [5.41, 5.74) is 4.71. The molecule has 2 aromatic carbocycles. The van der Waals surface area contributed by atoms with Gasteiger partial charge in [0.05, 0.1) is 0 Å². The molecule has 1 atom stereocenters. The van der Waals surface area contributed by atoms with Gasteiger partial charge in [-0.3, -0.25) is 0 Å². The van der Waals surface area contributed by atoms with E-state index in [2.05, 4.69) is 31.7 Å². The van der Waals surface area contributed by atoms with Crippen molar-refractivity contribution in [1.29, 1.82) is 0 Å². The quantitative estimate of drug-likeness (QED) is 0.519. The van der Waals surface area contributed by atoms with Crippen LogP contribution in [0.3, 0.4) is 0 Å². The second kappa shape index (κ2) is 7.95. The van der Waals surface area contributed by atoms with Crippen molar-refractivity contribution in [3.05, 3.63) is 76.4 Å². The molecule has 0 amide bonds. The normalized spacial score (nSPS) is 16.5. The van der Waals surface area contributed by atoms with Crippen molar-refractivity contribution >= 4 is 6.08 Å². The van der Waals surface area contributed by atoms with Gasteiger partial charge in [0.1, 0.15) is 11.6 Å². The van der Waals surface area contributed by atoms with E-state index < -0.39 is 11.6 Å². The van der Waals surface area contributed by atoms with E-state index in [9.17, 15) is 8.78 Å². The van der Waals surface area contributed by atoms with Gasteiger partial charge in [0.25, 0.3) is 0 Å². The second-order valence-corrected chi connectivity index (χ2v) is 7.10. The molecule has 0 N–H and O–H groups in total. The third kappa shape index (κ3) is 4.00. The molecule has 0 fully saturated rings. The van der Waals surface area contributed by atoms with Crippen LogP contribution in [0.1, 0.15) is 66.3 Å². The molecule has 0 aromatic heterocycles. The van der Waals surface area contributed by atoms with E-state index in [4.69, 9.17) is 0 Å². The molecule has 1 unspecified atom stereocenters. The number of hydrogen-bond acceptors (Lipinski definition) is 0. The minimum atomic E-state index is -0.445. The molecule has 0 saturated carbocycles. The highest BCUT2D eigenvalue weighted by Crippen LogP contribution is 2.36. The third-order valence-electron chi connectivity index (χ3n) is 5.31. The fourth-order valence-corrected chi connectivity index (χ4v) is 3.90. The van der Waals surface area contributed by atoms with Gasteiger partial charge in [-0.1, -0.05) is 50.6 Å².